The molecule has 1 aromatic carbocycles. The van der Waals surface area contributed by atoms with Crippen LogP contribution < -0.4 is 5.32 Å². The van der Waals surface area contributed by atoms with E-state index in [9.17, 15) is 0 Å². The van der Waals surface area contributed by atoms with E-state index in [1.807, 2.05) is 0 Å². The number of benzene rings is 1. The van der Waals surface area contributed by atoms with Crippen molar-refractivity contribution < 1.29 is 0 Å². The van der Waals surface area contributed by atoms with Crippen LogP contribution in [0.15, 0.2) is 30.3 Å². The van der Waals surface area contributed by atoms with E-state index in [-0.39, 0.29) is 5.54 Å². The Morgan fingerprint density at radius 1 is 1.26 bits per heavy atom. The molecule has 0 aliphatic heterocycles. The fourth-order valence-electron chi connectivity index (χ4n) is 2.11. The van der Waals surface area contributed by atoms with Crippen LogP contribution in [0.5, 0.6) is 0 Å². The molecule has 1 N–H and O–H groups in total. The van der Waals surface area contributed by atoms with Crippen LogP contribution in [0.3, 0.4) is 0 Å². The molecule has 0 fully saturated rings. The Kier molecular flexibility index (Phi) is 6.30. The molecule has 0 aliphatic carbocycles. The Hall–Kier alpha value is -1.08. The average Bonchev–Trinajstić information content (AvgIpc) is 2.34. The summed E-state index contributed by atoms with van der Waals surface area (Å²) in [5.41, 5.74) is 4.40. The molecule has 0 atom stereocenters. The molecule has 0 spiro atoms. The second-order valence-electron chi connectivity index (χ2n) is 6.30. The Bertz CT molecular complexity index is 410. The first-order chi connectivity index (χ1) is 8.92. The maximum atomic E-state index is 3.52. The first-order valence-corrected chi connectivity index (χ1v) is 7.43. The molecule has 0 aliphatic rings. The maximum Gasteiger partial charge on any atom is 0.00966 e. The molecular weight excluding hydrogens is 230 g/mol. The van der Waals surface area contributed by atoms with Gasteiger partial charge < -0.3 is 5.32 Å². The molecule has 106 valence electrons. The summed E-state index contributed by atoms with van der Waals surface area (Å²) < 4.78 is 0. The zero-order valence-corrected chi connectivity index (χ0v) is 13.2. The summed E-state index contributed by atoms with van der Waals surface area (Å²) in [5.74, 6) is 0. The van der Waals surface area contributed by atoms with Crippen LogP contribution in [-0.2, 0) is 6.42 Å². The highest BCUT2D eigenvalue weighted by Crippen LogP contribution is 2.17. The molecule has 0 heterocycles. The first kappa shape index (κ1) is 16.0. The molecule has 0 radical (unpaired) electrons. The van der Waals surface area contributed by atoms with Crippen molar-refractivity contribution in [3.63, 3.8) is 0 Å². The number of hydrogen-bond donors (Lipinski definition) is 1. The van der Waals surface area contributed by atoms with E-state index in [1.54, 1.807) is 0 Å². The van der Waals surface area contributed by atoms with Gasteiger partial charge in [0.1, 0.15) is 0 Å². The molecule has 1 heteroatoms. The maximum absolute atomic E-state index is 3.52. The van der Waals surface area contributed by atoms with E-state index in [1.165, 1.54) is 29.5 Å². The lowest BCUT2D eigenvalue weighted by atomic mass is 10.0. The van der Waals surface area contributed by atoms with Crippen LogP contribution in [-0.4, -0.2) is 12.1 Å². The fourth-order valence-corrected chi connectivity index (χ4v) is 2.11. The van der Waals surface area contributed by atoms with Gasteiger partial charge in [0, 0.05) is 5.54 Å². The smallest absolute Gasteiger partial charge is 0.00966 e. The van der Waals surface area contributed by atoms with Gasteiger partial charge in [0.2, 0.25) is 0 Å². The molecular formula is C18H29N. The molecule has 0 aromatic heterocycles. The van der Waals surface area contributed by atoms with E-state index in [0.29, 0.717) is 0 Å². The van der Waals surface area contributed by atoms with Gasteiger partial charge in [-0.2, -0.15) is 0 Å². The van der Waals surface area contributed by atoms with Crippen LogP contribution in [0.25, 0.3) is 5.57 Å². The standard InChI is InChI=1S/C18H29N/c1-6-9-16-11-7-12-17(14-16)15(2)10-8-13-19-18(3,4)5/h7,10-12,14,19H,6,8-9,13H2,1-5H3/b15-10+. The summed E-state index contributed by atoms with van der Waals surface area (Å²) in [4.78, 5) is 0. The predicted octanol–water partition coefficient (Wildman–Crippen LogP) is 4.82. The summed E-state index contributed by atoms with van der Waals surface area (Å²) >= 11 is 0. The monoisotopic (exact) mass is 259 g/mol. The molecule has 1 aromatic rings. The fraction of sp³-hybridized carbons (Fsp3) is 0.556. The topological polar surface area (TPSA) is 12.0 Å². The molecule has 0 saturated heterocycles. The van der Waals surface area contributed by atoms with Crippen LogP contribution >= 0.6 is 0 Å². The summed E-state index contributed by atoms with van der Waals surface area (Å²) in [5, 5.41) is 3.52. The molecule has 0 amide bonds. The molecule has 0 saturated carbocycles. The van der Waals surface area contributed by atoms with Crippen molar-refractivity contribution in [3.8, 4) is 0 Å². The number of allylic oxidation sites excluding steroid dienone is 1. The van der Waals surface area contributed by atoms with E-state index >= 15 is 0 Å². The Labute approximate surface area is 119 Å². The van der Waals surface area contributed by atoms with Crippen molar-refractivity contribution in [1.82, 2.24) is 5.32 Å². The zero-order valence-electron chi connectivity index (χ0n) is 13.2. The van der Waals surface area contributed by atoms with Crippen molar-refractivity contribution in [2.75, 3.05) is 6.54 Å². The quantitative estimate of drug-likeness (QED) is 0.722. The highest BCUT2D eigenvalue weighted by Gasteiger charge is 2.06. The van der Waals surface area contributed by atoms with Crippen molar-refractivity contribution in [2.24, 2.45) is 0 Å². The Balaban J connectivity index is 2.56. The van der Waals surface area contributed by atoms with E-state index < -0.39 is 0 Å². The van der Waals surface area contributed by atoms with Gasteiger partial charge in [-0.05, 0) is 63.8 Å². The number of hydrogen-bond acceptors (Lipinski definition) is 1. The normalized spacial score (nSPS) is 12.8. The lowest BCUT2D eigenvalue weighted by molar-refractivity contribution is 0.431. The van der Waals surface area contributed by atoms with Gasteiger partial charge in [-0.1, -0.05) is 43.7 Å². The molecule has 0 unspecified atom stereocenters. The Morgan fingerprint density at radius 3 is 2.63 bits per heavy atom. The van der Waals surface area contributed by atoms with Gasteiger partial charge >= 0.3 is 0 Å². The largest absolute Gasteiger partial charge is 0.312 e. The molecule has 1 rings (SSSR count). The minimum absolute atomic E-state index is 0.211. The minimum atomic E-state index is 0.211. The summed E-state index contributed by atoms with van der Waals surface area (Å²) in [7, 11) is 0. The lowest BCUT2D eigenvalue weighted by Gasteiger charge is -2.19. The second kappa shape index (κ2) is 7.49. The third kappa shape index (κ3) is 6.58. The van der Waals surface area contributed by atoms with Crippen molar-refractivity contribution >= 4 is 5.57 Å². The highest BCUT2D eigenvalue weighted by atomic mass is 14.9. The van der Waals surface area contributed by atoms with Crippen molar-refractivity contribution in [2.45, 2.75) is 59.4 Å². The average molecular weight is 259 g/mol. The van der Waals surface area contributed by atoms with Gasteiger partial charge in [-0.15, -0.1) is 0 Å². The third-order valence-electron chi connectivity index (χ3n) is 3.17. The lowest BCUT2D eigenvalue weighted by Crippen LogP contribution is -2.36. The van der Waals surface area contributed by atoms with E-state index in [2.05, 4.69) is 70.3 Å². The minimum Gasteiger partial charge on any atom is -0.312 e. The summed E-state index contributed by atoms with van der Waals surface area (Å²) in [6, 6.07) is 8.93. The van der Waals surface area contributed by atoms with Crippen LogP contribution in [0.4, 0.5) is 0 Å². The molecule has 0 bridgehead atoms. The zero-order chi connectivity index (χ0) is 14.3. The SMILES string of the molecule is CCCc1cccc(/C(C)=C/CCNC(C)(C)C)c1. The predicted molar refractivity (Wildman–Crippen MR) is 86.5 cm³/mol. The van der Waals surface area contributed by atoms with E-state index in [4.69, 9.17) is 0 Å². The van der Waals surface area contributed by atoms with Crippen molar-refractivity contribution in [3.05, 3.63) is 41.5 Å². The van der Waals surface area contributed by atoms with Crippen LogP contribution in [0.2, 0.25) is 0 Å². The van der Waals surface area contributed by atoms with Crippen molar-refractivity contribution in [1.29, 1.82) is 0 Å². The van der Waals surface area contributed by atoms with Crippen LogP contribution in [0.1, 0.15) is 58.6 Å². The number of aryl methyl sites for hydroxylation is 1. The molecule has 19 heavy (non-hydrogen) atoms. The highest BCUT2D eigenvalue weighted by molar-refractivity contribution is 5.64. The van der Waals surface area contributed by atoms with Gasteiger partial charge in [-0.25, -0.2) is 0 Å². The third-order valence-corrected chi connectivity index (χ3v) is 3.17. The first-order valence-electron chi connectivity index (χ1n) is 7.43. The Morgan fingerprint density at radius 2 is 2.00 bits per heavy atom. The van der Waals surface area contributed by atoms with Gasteiger partial charge in [-0.3, -0.25) is 0 Å². The number of rotatable bonds is 6. The molecule has 1 nitrogen and oxygen atoms in total. The van der Waals surface area contributed by atoms with Gasteiger partial charge in [0.05, 0.1) is 0 Å². The summed E-state index contributed by atoms with van der Waals surface area (Å²) in [6.07, 6.45) is 5.80. The van der Waals surface area contributed by atoms with Gasteiger partial charge in [0.15, 0.2) is 0 Å². The number of nitrogens with one attached hydrogen (secondary N) is 1. The second-order valence-corrected chi connectivity index (χ2v) is 6.30. The summed E-state index contributed by atoms with van der Waals surface area (Å²) in [6.45, 7) is 12.1. The van der Waals surface area contributed by atoms with Crippen LogP contribution in [0, 0.1) is 0 Å². The van der Waals surface area contributed by atoms with E-state index in [0.717, 1.165) is 13.0 Å². The van der Waals surface area contributed by atoms with Gasteiger partial charge in [0.25, 0.3) is 0 Å².